The molecule has 0 heterocycles. The van der Waals surface area contributed by atoms with Gasteiger partial charge in [-0.1, -0.05) is 44.4 Å². The van der Waals surface area contributed by atoms with E-state index in [1.54, 1.807) is 0 Å². The van der Waals surface area contributed by atoms with Crippen molar-refractivity contribution >= 4 is 5.69 Å². The van der Waals surface area contributed by atoms with Gasteiger partial charge in [0.1, 0.15) is 0 Å². The summed E-state index contributed by atoms with van der Waals surface area (Å²) in [6.07, 6.45) is 6.00. The fourth-order valence-electron chi connectivity index (χ4n) is 1.56. The van der Waals surface area contributed by atoms with E-state index in [1.165, 1.54) is 25.7 Å². The van der Waals surface area contributed by atoms with Crippen molar-refractivity contribution in [2.24, 2.45) is 0 Å². The highest BCUT2D eigenvalue weighted by molar-refractivity contribution is 5.51. The number of aryl methyl sites for hydroxylation is 1. The van der Waals surface area contributed by atoms with Crippen molar-refractivity contribution in [2.45, 2.75) is 39.0 Å². The predicted molar refractivity (Wildman–Crippen MR) is 59.0 cm³/mol. The summed E-state index contributed by atoms with van der Waals surface area (Å²) in [6, 6.07) is 7.75. The lowest BCUT2D eigenvalue weighted by Crippen LogP contribution is -1.85. The first-order chi connectivity index (χ1) is 6.88. The Balaban J connectivity index is 2.46. The van der Waals surface area contributed by atoms with E-state index in [1.807, 2.05) is 24.3 Å². The average molecular weight is 189 g/mol. The Morgan fingerprint density at radius 2 is 1.93 bits per heavy atom. The van der Waals surface area contributed by atoms with Crippen LogP contribution in [-0.2, 0) is 6.42 Å². The number of hydrogen-bond acceptors (Lipinski definition) is 1. The van der Waals surface area contributed by atoms with Crippen LogP contribution in [0.4, 0.5) is 5.69 Å². The van der Waals surface area contributed by atoms with Gasteiger partial charge in [0.05, 0.1) is 0 Å². The maximum absolute atomic E-state index is 8.75. The van der Waals surface area contributed by atoms with Crippen LogP contribution < -0.4 is 0 Å². The highest BCUT2D eigenvalue weighted by Crippen LogP contribution is 2.20. The molecule has 0 atom stereocenters. The molecule has 2 nitrogen and oxygen atoms in total. The summed E-state index contributed by atoms with van der Waals surface area (Å²) in [6.45, 7) is 2.21. The summed E-state index contributed by atoms with van der Waals surface area (Å²) < 4.78 is 0. The van der Waals surface area contributed by atoms with Crippen molar-refractivity contribution in [3.05, 3.63) is 34.8 Å². The SMILES string of the molecule is CCCCCCc1ccccc1[N+]#N. The molecule has 0 saturated heterocycles. The molecule has 0 aromatic heterocycles. The number of diazo groups is 1. The van der Waals surface area contributed by atoms with Crippen molar-refractivity contribution < 1.29 is 0 Å². The maximum Gasteiger partial charge on any atom is 0.388 e. The van der Waals surface area contributed by atoms with Crippen molar-refractivity contribution in [3.63, 3.8) is 0 Å². The maximum atomic E-state index is 8.75. The Hall–Kier alpha value is -1.36. The highest BCUT2D eigenvalue weighted by Gasteiger charge is 2.10. The molecule has 0 aliphatic rings. The Kier molecular flexibility index (Phi) is 4.71. The molecule has 1 aromatic carbocycles. The molecule has 1 rings (SSSR count). The van der Waals surface area contributed by atoms with E-state index < -0.39 is 0 Å². The van der Waals surface area contributed by atoms with Gasteiger partial charge in [0.2, 0.25) is 5.39 Å². The molecule has 0 radical (unpaired) electrons. The van der Waals surface area contributed by atoms with Crippen LogP contribution in [0, 0.1) is 5.39 Å². The molecule has 0 unspecified atom stereocenters. The molecule has 0 bridgehead atoms. The largest absolute Gasteiger partial charge is 0.388 e. The average Bonchev–Trinajstić information content (AvgIpc) is 2.25. The molecule has 1 aromatic rings. The Morgan fingerprint density at radius 1 is 1.14 bits per heavy atom. The van der Waals surface area contributed by atoms with E-state index in [0.29, 0.717) is 5.69 Å². The molecule has 0 aliphatic carbocycles. The van der Waals surface area contributed by atoms with Gasteiger partial charge in [-0.05, 0) is 12.8 Å². The number of benzene rings is 1. The van der Waals surface area contributed by atoms with Crippen molar-refractivity contribution in [3.8, 4) is 0 Å². The minimum Gasteiger partial charge on any atom is -0.0654 e. The van der Waals surface area contributed by atoms with Gasteiger partial charge in [-0.15, -0.1) is 0 Å². The summed E-state index contributed by atoms with van der Waals surface area (Å²) in [4.78, 5) is 3.27. The van der Waals surface area contributed by atoms with Crippen LogP contribution in [0.1, 0.15) is 38.2 Å². The second-order valence-electron chi connectivity index (χ2n) is 3.54. The van der Waals surface area contributed by atoms with Gasteiger partial charge in [-0.25, -0.2) is 0 Å². The fourth-order valence-corrected chi connectivity index (χ4v) is 1.56. The monoisotopic (exact) mass is 189 g/mol. The molecule has 0 fully saturated rings. The second kappa shape index (κ2) is 6.15. The zero-order valence-corrected chi connectivity index (χ0v) is 8.74. The van der Waals surface area contributed by atoms with Crippen LogP contribution in [0.15, 0.2) is 24.3 Å². The number of rotatable bonds is 5. The molecule has 0 amide bonds. The summed E-state index contributed by atoms with van der Waals surface area (Å²) in [7, 11) is 0. The van der Waals surface area contributed by atoms with Gasteiger partial charge < -0.3 is 0 Å². The molecule has 0 N–H and O–H groups in total. The Morgan fingerprint density at radius 3 is 2.64 bits per heavy atom. The van der Waals surface area contributed by atoms with Crippen molar-refractivity contribution in [1.82, 2.24) is 0 Å². The topological polar surface area (TPSA) is 28.1 Å². The second-order valence-corrected chi connectivity index (χ2v) is 3.54. The lowest BCUT2D eigenvalue weighted by atomic mass is 10.0. The van der Waals surface area contributed by atoms with Crippen molar-refractivity contribution in [1.29, 1.82) is 5.39 Å². The van der Waals surface area contributed by atoms with Crippen LogP contribution in [0.2, 0.25) is 0 Å². The third-order valence-electron chi connectivity index (χ3n) is 2.40. The van der Waals surface area contributed by atoms with Crippen LogP contribution >= 0.6 is 0 Å². The molecule has 0 aliphatic heterocycles. The van der Waals surface area contributed by atoms with Gasteiger partial charge in [0.15, 0.2) is 4.98 Å². The Labute approximate surface area is 85.6 Å². The van der Waals surface area contributed by atoms with E-state index in [2.05, 4.69) is 11.9 Å². The van der Waals surface area contributed by atoms with Gasteiger partial charge in [-0.2, -0.15) is 0 Å². The fraction of sp³-hybridized carbons (Fsp3) is 0.500. The van der Waals surface area contributed by atoms with Crippen LogP contribution in [0.5, 0.6) is 0 Å². The molecule has 0 saturated carbocycles. The molecular formula is C12H17N2+. The lowest BCUT2D eigenvalue weighted by Gasteiger charge is -1.97. The standard InChI is InChI=1S/C12H17N2/c1-2-3-4-5-8-11-9-6-7-10-12(11)14-13/h6-7,9-10H,2-5,8H2,1H3/q+1. The van der Waals surface area contributed by atoms with E-state index in [4.69, 9.17) is 5.39 Å². The first kappa shape index (κ1) is 10.7. The summed E-state index contributed by atoms with van der Waals surface area (Å²) in [5.41, 5.74) is 1.86. The third-order valence-corrected chi connectivity index (χ3v) is 2.40. The summed E-state index contributed by atoms with van der Waals surface area (Å²) >= 11 is 0. The van der Waals surface area contributed by atoms with E-state index in [9.17, 15) is 0 Å². The predicted octanol–water partition coefficient (Wildman–Crippen LogP) is 4.29. The lowest BCUT2D eigenvalue weighted by molar-refractivity contribution is 0.667. The first-order valence-corrected chi connectivity index (χ1v) is 5.31. The van der Waals surface area contributed by atoms with E-state index in [-0.39, 0.29) is 0 Å². The Bertz CT molecular complexity index is 312. The molecule has 14 heavy (non-hydrogen) atoms. The summed E-state index contributed by atoms with van der Waals surface area (Å²) in [5.74, 6) is 0. The van der Waals surface area contributed by atoms with E-state index >= 15 is 0 Å². The van der Waals surface area contributed by atoms with Crippen LogP contribution in [0.3, 0.4) is 0 Å². The number of hydrogen-bond donors (Lipinski definition) is 0. The smallest absolute Gasteiger partial charge is 0.0654 e. The molecule has 74 valence electrons. The zero-order chi connectivity index (χ0) is 10.2. The van der Waals surface area contributed by atoms with Gasteiger partial charge >= 0.3 is 5.69 Å². The quantitative estimate of drug-likeness (QED) is 0.501. The van der Waals surface area contributed by atoms with Crippen LogP contribution in [0.25, 0.3) is 4.98 Å². The van der Waals surface area contributed by atoms with Gasteiger partial charge in [0.25, 0.3) is 0 Å². The highest BCUT2D eigenvalue weighted by atomic mass is 14.8. The minimum absolute atomic E-state index is 0.712. The van der Waals surface area contributed by atoms with Gasteiger partial charge in [-0.3, -0.25) is 0 Å². The zero-order valence-electron chi connectivity index (χ0n) is 8.74. The number of unbranched alkanes of at least 4 members (excludes halogenated alkanes) is 3. The molecule has 2 heteroatoms. The third kappa shape index (κ3) is 3.18. The minimum atomic E-state index is 0.712. The molecular weight excluding hydrogens is 172 g/mol. The van der Waals surface area contributed by atoms with Crippen molar-refractivity contribution in [2.75, 3.05) is 0 Å². The number of nitrogens with zero attached hydrogens (tertiary/aromatic N) is 2. The van der Waals surface area contributed by atoms with Crippen LogP contribution in [-0.4, -0.2) is 0 Å². The van der Waals surface area contributed by atoms with E-state index in [0.717, 1.165) is 12.0 Å². The summed E-state index contributed by atoms with van der Waals surface area (Å²) in [5, 5.41) is 8.75. The normalized spacial score (nSPS) is 9.71. The molecule has 0 spiro atoms. The van der Waals surface area contributed by atoms with Gasteiger partial charge in [0, 0.05) is 11.6 Å². The first-order valence-electron chi connectivity index (χ1n) is 5.31.